The highest BCUT2D eigenvalue weighted by molar-refractivity contribution is 9.10. The van der Waals surface area contributed by atoms with E-state index < -0.39 is 35.4 Å². The number of carbonyl (C=O) groups excluding carboxylic acids is 4. The predicted molar refractivity (Wildman–Crippen MR) is 119 cm³/mol. The minimum absolute atomic E-state index is 0.153. The zero-order valence-electron chi connectivity index (χ0n) is 16.6. The molecule has 2 aromatic carbocycles. The topological polar surface area (TPSA) is 102 Å². The second-order valence-electron chi connectivity index (χ2n) is 6.38. The molecule has 1 saturated heterocycles. The van der Waals surface area contributed by atoms with Gasteiger partial charge in [0, 0.05) is 5.69 Å². The third kappa shape index (κ3) is 5.95. The molecule has 0 atom stereocenters. The van der Waals surface area contributed by atoms with Crippen molar-refractivity contribution in [3.63, 3.8) is 0 Å². The van der Waals surface area contributed by atoms with Crippen molar-refractivity contribution in [3.05, 3.63) is 63.2 Å². The molecule has 8 nitrogen and oxygen atoms in total. The number of esters is 1. The van der Waals surface area contributed by atoms with Crippen molar-refractivity contribution in [2.24, 2.45) is 0 Å². The maximum absolute atomic E-state index is 13.0. The summed E-state index contributed by atoms with van der Waals surface area (Å²) < 4.78 is 23.3. The third-order valence-electron chi connectivity index (χ3n) is 4.13. The lowest BCUT2D eigenvalue weighted by Crippen LogP contribution is -2.36. The average molecular weight is 523 g/mol. The molecular weight excluding hydrogens is 507 g/mol. The number of hydrogen-bond acceptors (Lipinski definition) is 7. The number of carbonyl (C=O) groups is 4. The highest BCUT2D eigenvalue weighted by Crippen LogP contribution is 2.33. The van der Waals surface area contributed by atoms with Crippen LogP contribution in [0, 0.1) is 5.82 Å². The van der Waals surface area contributed by atoms with Crippen LogP contribution in [-0.4, -0.2) is 48.2 Å². The number of thioether (sulfide) groups is 1. The first-order chi connectivity index (χ1) is 15.3. The van der Waals surface area contributed by atoms with Gasteiger partial charge in [0.2, 0.25) is 5.91 Å². The van der Waals surface area contributed by atoms with Gasteiger partial charge < -0.3 is 14.8 Å². The summed E-state index contributed by atoms with van der Waals surface area (Å²) in [6.45, 7) is -0.725. The van der Waals surface area contributed by atoms with E-state index in [4.69, 9.17) is 4.74 Å². The molecule has 3 rings (SSSR count). The fraction of sp³-hybridized carbons (Fsp3) is 0.143. The van der Waals surface area contributed by atoms with E-state index in [0.29, 0.717) is 33.2 Å². The second-order valence-corrected chi connectivity index (χ2v) is 8.23. The second kappa shape index (κ2) is 10.4. The Hall–Kier alpha value is -3.18. The van der Waals surface area contributed by atoms with E-state index in [-0.39, 0.29) is 11.5 Å². The number of imide groups is 1. The van der Waals surface area contributed by atoms with Crippen molar-refractivity contribution in [3.8, 4) is 5.75 Å². The minimum atomic E-state index is -0.601. The van der Waals surface area contributed by atoms with Crippen LogP contribution >= 0.6 is 27.7 Å². The molecule has 1 fully saturated rings. The monoisotopic (exact) mass is 522 g/mol. The Kier molecular flexibility index (Phi) is 7.65. The summed E-state index contributed by atoms with van der Waals surface area (Å²) in [6.07, 6.45) is 1.51. The maximum atomic E-state index is 13.0. The Morgan fingerprint density at radius 1 is 1.19 bits per heavy atom. The summed E-state index contributed by atoms with van der Waals surface area (Å²) >= 11 is 4.04. The van der Waals surface area contributed by atoms with E-state index >= 15 is 0 Å². The number of ether oxygens (including phenoxy) is 2. The lowest BCUT2D eigenvalue weighted by molar-refractivity contribution is -0.143. The van der Waals surface area contributed by atoms with Crippen LogP contribution in [0.2, 0.25) is 0 Å². The van der Waals surface area contributed by atoms with E-state index in [2.05, 4.69) is 26.0 Å². The molecule has 1 aliphatic heterocycles. The van der Waals surface area contributed by atoms with Gasteiger partial charge >= 0.3 is 5.97 Å². The Morgan fingerprint density at radius 3 is 2.56 bits per heavy atom. The fourth-order valence-corrected chi connectivity index (χ4v) is 3.93. The van der Waals surface area contributed by atoms with Crippen molar-refractivity contribution in [2.45, 2.75) is 0 Å². The number of amides is 3. The maximum Gasteiger partial charge on any atom is 0.343 e. The Morgan fingerprint density at radius 2 is 1.91 bits per heavy atom. The van der Waals surface area contributed by atoms with Crippen LogP contribution in [-0.2, 0) is 19.1 Å². The largest absolute Gasteiger partial charge is 0.481 e. The molecule has 2 aromatic rings. The van der Waals surface area contributed by atoms with Gasteiger partial charge in [-0.05, 0) is 75.7 Å². The van der Waals surface area contributed by atoms with Gasteiger partial charge in [-0.15, -0.1) is 0 Å². The summed E-state index contributed by atoms with van der Waals surface area (Å²) in [6, 6.07) is 10.0. The van der Waals surface area contributed by atoms with Gasteiger partial charge in [-0.1, -0.05) is 6.07 Å². The van der Waals surface area contributed by atoms with Gasteiger partial charge in [-0.3, -0.25) is 19.3 Å². The molecule has 0 aliphatic carbocycles. The smallest absolute Gasteiger partial charge is 0.343 e. The van der Waals surface area contributed by atoms with Gasteiger partial charge in [-0.2, -0.15) is 0 Å². The lowest BCUT2D eigenvalue weighted by atomic mass is 10.2. The minimum Gasteiger partial charge on any atom is -0.481 e. The molecule has 1 heterocycles. The van der Waals surface area contributed by atoms with Crippen molar-refractivity contribution in [1.82, 2.24) is 4.90 Å². The number of anilines is 1. The molecule has 0 radical (unpaired) electrons. The zero-order valence-corrected chi connectivity index (χ0v) is 19.0. The number of nitrogens with one attached hydrogen (secondary N) is 1. The van der Waals surface area contributed by atoms with Crippen LogP contribution in [0.25, 0.3) is 6.08 Å². The van der Waals surface area contributed by atoms with Gasteiger partial charge in [0.25, 0.3) is 11.1 Å². The third-order valence-corrected chi connectivity index (χ3v) is 5.66. The molecular formula is C21H16BrFN2O6S. The SMILES string of the molecule is COC(=O)COc1ccc(/C=C2/SC(=O)N(CC(=O)Nc3ccc(F)cc3)C2=O)cc1Br. The first-order valence-corrected chi connectivity index (χ1v) is 10.7. The quantitative estimate of drug-likeness (QED) is 0.435. The summed E-state index contributed by atoms with van der Waals surface area (Å²) in [5.41, 5.74) is 0.946. The van der Waals surface area contributed by atoms with Crippen molar-refractivity contribution >= 4 is 62.5 Å². The van der Waals surface area contributed by atoms with Gasteiger partial charge in [-0.25, -0.2) is 9.18 Å². The van der Waals surface area contributed by atoms with Crippen molar-refractivity contribution in [1.29, 1.82) is 0 Å². The molecule has 0 spiro atoms. The standard InChI is InChI=1S/C21H16BrFN2O6S/c1-30-19(27)11-31-16-7-2-12(8-15(16)22)9-17-20(28)25(21(29)32-17)10-18(26)24-14-5-3-13(23)4-6-14/h2-9H,10-11H2,1H3,(H,24,26)/b17-9+. The zero-order chi connectivity index (χ0) is 23.3. The molecule has 1 N–H and O–H groups in total. The van der Waals surface area contributed by atoms with Crippen molar-refractivity contribution < 1.29 is 33.0 Å². The number of benzene rings is 2. The van der Waals surface area contributed by atoms with Crippen molar-refractivity contribution in [2.75, 3.05) is 25.6 Å². The molecule has 0 unspecified atom stereocenters. The Labute approximate surface area is 194 Å². The number of nitrogens with zero attached hydrogens (tertiary/aromatic N) is 1. The van der Waals surface area contributed by atoms with Crippen LogP contribution in [0.4, 0.5) is 14.9 Å². The lowest BCUT2D eigenvalue weighted by Gasteiger charge is -2.12. The summed E-state index contributed by atoms with van der Waals surface area (Å²) in [7, 11) is 1.25. The first kappa shape index (κ1) is 23.5. The number of hydrogen-bond donors (Lipinski definition) is 1. The highest BCUT2D eigenvalue weighted by atomic mass is 79.9. The number of methoxy groups -OCH3 is 1. The number of halogens is 2. The summed E-state index contributed by atoms with van der Waals surface area (Å²) in [5.74, 6) is -1.77. The van der Waals surface area contributed by atoms with Gasteiger partial charge in [0.05, 0.1) is 16.5 Å². The molecule has 11 heteroatoms. The first-order valence-electron chi connectivity index (χ1n) is 9.07. The van der Waals surface area contributed by atoms with Crippen LogP contribution < -0.4 is 10.1 Å². The Balaban J connectivity index is 1.65. The molecule has 0 saturated carbocycles. The van der Waals surface area contributed by atoms with E-state index in [9.17, 15) is 23.6 Å². The molecule has 0 aromatic heterocycles. The van der Waals surface area contributed by atoms with Crippen LogP contribution in [0.3, 0.4) is 0 Å². The molecule has 166 valence electrons. The predicted octanol–water partition coefficient (Wildman–Crippen LogP) is 3.82. The fourth-order valence-electron chi connectivity index (χ4n) is 2.58. The van der Waals surface area contributed by atoms with Gasteiger partial charge in [0.1, 0.15) is 18.1 Å². The summed E-state index contributed by atoms with van der Waals surface area (Å²) in [4.78, 5) is 49.2. The average Bonchev–Trinajstić information content (AvgIpc) is 3.01. The van der Waals surface area contributed by atoms with E-state index in [1.165, 1.54) is 37.5 Å². The molecule has 1 aliphatic rings. The summed E-state index contributed by atoms with van der Waals surface area (Å²) in [5, 5.41) is 1.93. The molecule has 32 heavy (non-hydrogen) atoms. The normalized spacial score (nSPS) is 14.6. The number of rotatable bonds is 7. The van der Waals surface area contributed by atoms with E-state index in [0.717, 1.165) is 4.90 Å². The van der Waals surface area contributed by atoms with E-state index in [1.54, 1.807) is 18.2 Å². The Bertz CT molecular complexity index is 1110. The highest BCUT2D eigenvalue weighted by Gasteiger charge is 2.36. The molecule has 3 amide bonds. The van der Waals surface area contributed by atoms with E-state index in [1.807, 2.05) is 0 Å². The molecule has 0 bridgehead atoms. The van der Waals surface area contributed by atoms with Crippen LogP contribution in [0.5, 0.6) is 5.75 Å². The van der Waals surface area contributed by atoms with Crippen LogP contribution in [0.15, 0.2) is 51.8 Å². The van der Waals surface area contributed by atoms with Crippen LogP contribution in [0.1, 0.15) is 5.56 Å². The van der Waals surface area contributed by atoms with Gasteiger partial charge in [0.15, 0.2) is 6.61 Å².